The fourth-order valence-electron chi connectivity index (χ4n) is 9.36. The Labute approximate surface area is 415 Å². The third-order valence-corrected chi connectivity index (χ3v) is 14.4. The van der Waals surface area contributed by atoms with Crippen molar-refractivity contribution in [1.29, 1.82) is 0 Å². The highest BCUT2D eigenvalue weighted by Gasteiger charge is 2.44. The zero-order chi connectivity index (χ0) is 49.8. The first kappa shape index (κ1) is 52.0. The van der Waals surface area contributed by atoms with E-state index in [0.717, 1.165) is 73.3 Å². The van der Waals surface area contributed by atoms with Gasteiger partial charge in [-0.1, -0.05) is 95.0 Å². The van der Waals surface area contributed by atoms with Crippen molar-refractivity contribution in [1.82, 2.24) is 45.6 Å². The van der Waals surface area contributed by atoms with Crippen molar-refractivity contribution in [2.24, 2.45) is 5.41 Å². The zero-order valence-corrected chi connectivity index (χ0v) is 41.8. The zero-order valence-electron chi connectivity index (χ0n) is 41.0. The van der Waals surface area contributed by atoms with Gasteiger partial charge >= 0.3 is 0 Å². The van der Waals surface area contributed by atoms with Gasteiger partial charge in [0.2, 0.25) is 23.6 Å². The molecule has 0 spiro atoms. The van der Waals surface area contributed by atoms with Crippen LogP contribution in [0.5, 0.6) is 0 Å². The number of aliphatic hydroxyl groups excluding tert-OH is 2. The molecule has 17 nitrogen and oxygen atoms in total. The molecule has 2 saturated heterocycles. The molecule has 18 heteroatoms. The minimum Gasteiger partial charge on any atom is -0.391 e. The molecule has 376 valence electrons. The lowest BCUT2D eigenvalue weighted by atomic mass is 9.85. The number of anilines is 1. The van der Waals surface area contributed by atoms with Crippen LogP contribution in [-0.4, -0.2) is 139 Å². The number of aryl methyl sites for hydroxylation is 1. The summed E-state index contributed by atoms with van der Waals surface area (Å²) in [5.74, 6) is -0.746. The molecule has 6 N–H and O–H groups in total. The summed E-state index contributed by atoms with van der Waals surface area (Å²) in [5, 5.41) is 33.2. The van der Waals surface area contributed by atoms with Crippen LogP contribution in [0, 0.1) is 12.3 Å². The van der Waals surface area contributed by atoms with Crippen LogP contribution in [0.2, 0.25) is 0 Å². The second-order valence-electron chi connectivity index (χ2n) is 20.1. The number of aromatic nitrogens is 3. The fraction of sp³-hybridized carbons (Fsp3) is 0.538. The van der Waals surface area contributed by atoms with Gasteiger partial charge < -0.3 is 41.3 Å². The summed E-state index contributed by atoms with van der Waals surface area (Å²) >= 11 is 1.58. The number of rotatable bonds is 22. The number of nitrogens with zero attached hydrogens (tertiary/aromatic N) is 6. The summed E-state index contributed by atoms with van der Waals surface area (Å²) in [7, 11) is 0. The van der Waals surface area contributed by atoms with Gasteiger partial charge in [-0.3, -0.25) is 28.9 Å². The van der Waals surface area contributed by atoms with E-state index in [1.54, 1.807) is 17.4 Å². The summed E-state index contributed by atoms with van der Waals surface area (Å²) in [4.78, 5) is 85.6. The number of thiazole rings is 1. The number of hydrogen-bond donors (Lipinski definition) is 6. The van der Waals surface area contributed by atoms with Crippen LogP contribution in [0.25, 0.3) is 10.4 Å². The van der Waals surface area contributed by atoms with Crippen LogP contribution in [0.3, 0.4) is 0 Å². The molecule has 5 amide bonds. The maximum atomic E-state index is 14.0. The maximum absolute atomic E-state index is 14.0. The van der Waals surface area contributed by atoms with Crippen LogP contribution in [0.15, 0.2) is 66.4 Å². The molecule has 0 saturated carbocycles. The molecule has 3 aliphatic heterocycles. The summed E-state index contributed by atoms with van der Waals surface area (Å²) < 4.78 is 0. The SMILES string of the molecule is Cc1ncsc1-c1ccc(CNC(=O)[C@@H]2C[C@@H](O)CN2C(=O)[C@@H](NC(=O)CCCCCCCCC(=O)N2CC(Nc3cc(C(=O)NC[C@H](O)CN4CCc5ccccc5C4)ncn3)C2)C(C)(C)C)cc1. The molecule has 2 aromatic heterocycles. The van der Waals surface area contributed by atoms with E-state index in [-0.39, 0.29) is 67.8 Å². The molecule has 7 rings (SSSR count). The lowest BCUT2D eigenvalue weighted by molar-refractivity contribution is -0.144. The van der Waals surface area contributed by atoms with Crippen LogP contribution < -0.4 is 21.3 Å². The fourth-order valence-corrected chi connectivity index (χ4v) is 10.2. The van der Waals surface area contributed by atoms with Gasteiger partial charge in [0.25, 0.3) is 5.91 Å². The molecule has 0 radical (unpaired) electrons. The highest BCUT2D eigenvalue weighted by molar-refractivity contribution is 7.13. The summed E-state index contributed by atoms with van der Waals surface area (Å²) in [6, 6.07) is 16.1. The Morgan fingerprint density at radius 2 is 1.59 bits per heavy atom. The van der Waals surface area contributed by atoms with Gasteiger partial charge in [-0.05, 0) is 53.9 Å². The standard InChI is InChI=1S/C52H70N10O7S/c1-34-47(70-33-57-34)37-19-17-35(18-20-37)25-53-50(68)43-23-40(63)31-62(43)51(69)48(52(2,3)4)59-45(65)15-9-7-5-6-8-10-16-46(66)61-28-39(29-61)58-44-24-42(55-32-56-44)49(67)54-26-41(64)30-60-22-21-36-13-11-12-14-38(36)27-60/h11-14,17-20,24,32-33,39-41,43,48,63-64H,5-10,15-16,21-23,25-31H2,1-4H3,(H,53,68)(H,54,67)(H,59,65)(H,55,56,58)/t40-,41+,43+,48-/m1/s1. The third kappa shape index (κ3) is 14.4. The van der Waals surface area contributed by atoms with E-state index in [2.05, 4.69) is 53.3 Å². The van der Waals surface area contributed by atoms with Crippen LogP contribution in [0.1, 0.15) is 111 Å². The Morgan fingerprint density at radius 1 is 0.871 bits per heavy atom. The molecule has 2 aromatic carbocycles. The Kier molecular flexibility index (Phi) is 18.1. The van der Waals surface area contributed by atoms with Crippen molar-refractivity contribution in [3.05, 3.63) is 94.5 Å². The van der Waals surface area contributed by atoms with Crippen LogP contribution in [-0.2, 0) is 38.7 Å². The molecule has 2 fully saturated rings. The monoisotopic (exact) mass is 979 g/mol. The van der Waals surface area contributed by atoms with Crippen molar-refractivity contribution in [2.75, 3.05) is 44.6 Å². The van der Waals surface area contributed by atoms with Gasteiger partial charge in [-0.15, -0.1) is 11.3 Å². The summed E-state index contributed by atoms with van der Waals surface area (Å²) in [6.45, 7) is 11.2. The Bertz CT molecular complexity index is 2420. The van der Waals surface area contributed by atoms with Gasteiger partial charge in [-0.2, -0.15) is 0 Å². The quantitative estimate of drug-likeness (QED) is 0.0595. The number of likely N-dealkylation sites (tertiary alicyclic amines) is 2. The van der Waals surface area contributed by atoms with Gasteiger partial charge in [0, 0.05) is 77.7 Å². The van der Waals surface area contributed by atoms with Crippen molar-refractivity contribution >= 4 is 46.7 Å². The molecular formula is C52H70N10O7S. The number of nitrogens with one attached hydrogen (secondary N) is 4. The number of β-amino-alcohol motifs (C(OH)–C–C–N with tert-alkyl or cyclic N) is 2. The second-order valence-corrected chi connectivity index (χ2v) is 21.0. The number of benzene rings is 2. The number of carbonyl (C=O) groups is 5. The Hall–Kier alpha value is -5.82. The average molecular weight is 979 g/mol. The predicted molar refractivity (Wildman–Crippen MR) is 268 cm³/mol. The maximum Gasteiger partial charge on any atom is 0.270 e. The van der Waals surface area contributed by atoms with Crippen LogP contribution in [0.4, 0.5) is 5.82 Å². The molecule has 0 bridgehead atoms. The van der Waals surface area contributed by atoms with Gasteiger partial charge in [-0.25, -0.2) is 15.0 Å². The molecule has 3 aliphatic rings. The highest BCUT2D eigenvalue weighted by atomic mass is 32.1. The largest absolute Gasteiger partial charge is 0.391 e. The van der Waals surface area contributed by atoms with Crippen molar-refractivity contribution in [2.45, 2.75) is 135 Å². The minimum absolute atomic E-state index is 0.0108. The van der Waals surface area contributed by atoms with Crippen molar-refractivity contribution in [3.8, 4) is 10.4 Å². The number of hydrogen-bond acceptors (Lipinski definition) is 13. The number of carbonyl (C=O) groups excluding carboxylic acids is 5. The van der Waals surface area contributed by atoms with Crippen molar-refractivity contribution in [3.63, 3.8) is 0 Å². The Morgan fingerprint density at radius 3 is 2.30 bits per heavy atom. The molecular weight excluding hydrogens is 909 g/mol. The predicted octanol–water partition coefficient (Wildman–Crippen LogP) is 4.61. The first-order chi connectivity index (χ1) is 33.6. The molecule has 0 aliphatic carbocycles. The molecule has 5 heterocycles. The summed E-state index contributed by atoms with van der Waals surface area (Å²) in [5.41, 5.74) is 6.92. The molecule has 70 heavy (non-hydrogen) atoms. The molecule has 4 atom stereocenters. The van der Waals surface area contributed by atoms with Gasteiger partial charge in [0.05, 0.1) is 34.3 Å². The van der Waals surface area contributed by atoms with Gasteiger partial charge in [0.15, 0.2) is 0 Å². The van der Waals surface area contributed by atoms with E-state index in [0.29, 0.717) is 38.3 Å². The lowest BCUT2D eigenvalue weighted by Gasteiger charge is -2.40. The molecule has 4 aromatic rings. The number of unbranched alkanes of at least 4 members (excludes halogenated alkanes) is 5. The first-order valence-corrected chi connectivity index (χ1v) is 25.7. The minimum atomic E-state index is -0.877. The van der Waals surface area contributed by atoms with E-state index < -0.39 is 35.6 Å². The molecule has 0 unspecified atom stereocenters. The number of aliphatic hydroxyl groups is 2. The average Bonchev–Trinajstić information content (AvgIpc) is 3.95. The van der Waals surface area contributed by atoms with E-state index in [9.17, 15) is 34.2 Å². The van der Waals surface area contributed by atoms with E-state index in [1.807, 2.05) is 74.5 Å². The van der Waals surface area contributed by atoms with Gasteiger partial charge in [0.1, 0.15) is 29.9 Å². The van der Waals surface area contributed by atoms with E-state index in [1.165, 1.54) is 22.4 Å². The van der Waals surface area contributed by atoms with Crippen LogP contribution >= 0.6 is 11.3 Å². The van der Waals surface area contributed by atoms with E-state index >= 15 is 0 Å². The third-order valence-electron chi connectivity index (χ3n) is 13.4. The Balaban J connectivity index is 0.737. The second kappa shape index (κ2) is 24.3. The van der Waals surface area contributed by atoms with E-state index in [4.69, 9.17) is 0 Å². The first-order valence-electron chi connectivity index (χ1n) is 24.8. The topological polar surface area (TPSA) is 222 Å². The lowest BCUT2D eigenvalue weighted by Crippen LogP contribution is -2.57. The van der Waals surface area contributed by atoms with Crippen molar-refractivity contribution < 1.29 is 34.2 Å². The number of fused-ring (bicyclic) bond motifs is 1. The smallest absolute Gasteiger partial charge is 0.270 e. The number of amides is 5. The highest BCUT2D eigenvalue weighted by Crippen LogP contribution is 2.29. The normalized spacial score (nSPS) is 18.1. The summed E-state index contributed by atoms with van der Waals surface area (Å²) in [6.07, 6.45) is 6.59.